The number of piperidine rings is 1. The Morgan fingerprint density at radius 1 is 1.21 bits per heavy atom. The van der Waals surface area contributed by atoms with Crippen molar-refractivity contribution in [3.8, 4) is 0 Å². The Balaban J connectivity index is 1.36. The standard InChI is InChI=1S/C22H23FN4O2/c1-15-4-2-7-18(12-15)24-19(28)14-27-10-8-22(9-11-27)25-20(21(29)26-22)16-5-3-6-17(23)13-16/h2-7,12-13H,8-11,14H2,1H3,(H,24,28)(H,26,29). The van der Waals surface area contributed by atoms with Gasteiger partial charge in [-0.25, -0.2) is 4.39 Å². The number of halogens is 1. The Bertz CT molecular complexity index is 980. The minimum absolute atomic E-state index is 0.0639. The fraction of sp³-hybridized carbons (Fsp3) is 0.318. The average molecular weight is 394 g/mol. The van der Waals surface area contributed by atoms with Gasteiger partial charge in [0.2, 0.25) is 5.91 Å². The van der Waals surface area contributed by atoms with Crippen molar-refractivity contribution in [2.24, 2.45) is 4.99 Å². The number of rotatable bonds is 4. The summed E-state index contributed by atoms with van der Waals surface area (Å²) in [7, 11) is 0. The van der Waals surface area contributed by atoms with Gasteiger partial charge >= 0.3 is 0 Å². The first-order valence-electron chi connectivity index (χ1n) is 9.70. The second kappa shape index (κ2) is 7.75. The molecule has 0 aliphatic carbocycles. The maximum absolute atomic E-state index is 13.5. The van der Waals surface area contributed by atoms with E-state index in [2.05, 4.69) is 20.5 Å². The van der Waals surface area contributed by atoms with E-state index in [-0.39, 0.29) is 17.5 Å². The highest BCUT2D eigenvalue weighted by atomic mass is 19.1. The molecule has 1 saturated heterocycles. The van der Waals surface area contributed by atoms with Crippen molar-refractivity contribution >= 4 is 23.2 Å². The molecule has 150 valence electrons. The highest BCUT2D eigenvalue weighted by Gasteiger charge is 2.42. The van der Waals surface area contributed by atoms with Crippen LogP contribution in [0.25, 0.3) is 0 Å². The Hall–Kier alpha value is -3.06. The van der Waals surface area contributed by atoms with Gasteiger partial charge in [0.1, 0.15) is 17.2 Å². The van der Waals surface area contributed by atoms with Gasteiger partial charge in [-0.2, -0.15) is 0 Å². The summed E-state index contributed by atoms with van der Waals surface area (Å²) in [6, 6.07) is 13.6. The van der Waals surface area contributed by atoms with E-state index in [1.807, 2.05) is 31.2 Å². The molecule has 29 heavy (non-hydrogen) atoms. The fourth-order valence-electron chi connectivity index (χ4n) is 3.84. The third-order valence-corrected chi connectivity index (χ3v) is 5.34. The van der Waals surface area contributed by atoms with E-state index in [1.165, 1.54) is 12.1 Å². The molecule has 4 rings (SSSR count). The van der Waals surface area contributed by atoms with Gasteiger partial charge < -0.3 is 10.6 Å². The minimum atomic E-state index is -0.664. The second-order valence-electron chi connectivity index (χ2n) is 7.65. The van der Waals surface area contributed by atoms with Gasteiger partial charge in [0.05, 0.1) is 6.54 Å². The lowest BCUT2D eigenvalue weighted by molar-refractivity contribution is -0.119. The lowest BCUT2D eigenvalue weighted by Crippen LogP contribution is -2.52. The molecule has 1 spiro atoms. The molecule has 7 heteroatoms. The van der Waals surface area contributed by atoms with Crippen molar-refractivity contribution in [1.82, 2.24) is 10.2 Å². The van der Waals surface area contributed by atoms with Crippen molar-refractivity contribution in [1.29, 1.82) is 0 Å². The molecule has 2 aliphatic rings. The van der Waals surface area contributed by atoms with Crippen LogP contribution in [0.2, 0.25) is 0 Å². The number of carbonyl (C=O) groups excluding carboxylic acids is 2. The second-order valence-corrected chi connectivity index (χ2v) is 7.65. The lowest BCUT2D eigenvalue weighted by Gasteiger charge is -2.36. The third-order valence-electron chi connectivity index (χ3n) is 5.34. The molecule has 0 atom stereocenters. The molecule has 0 aromatic heterocycles. The Kier molecular flexibility index (Phi) is 5.15. The van der Waals surface area contributed by atoms with Crippen LogP contribution in [-0.4, -0.2) is 47.7 Å². The molecule has 2 N–H and O–H groups in total. The number of amides is 2. The summed E-state index contributed by atoms with van der Waals surface area (Å²) in [5, 5.41) is 5.88. The van der Waals surface area contributed by atoms with Crippen LogP contribution in [0.5, 0.6) is 0 Å². The van der Waals surface area contributed by atoms with Gasteiger partial charge in [0, 0.05) is 37.2 Å². The zero-order valence-electron chi connectivity index (χ0n) is 16.2. The number of hydrogen-bond acceptors (Lipinski definition) is 4. The summed E-state index contributed by atoms with van der Waals surface area (Å²) in [5.74, 6) is -0.736. The van der Waals surface area contributed by atoms with Crippen LogP contribution in [-0.2, 0) is 9.59 Å². The van der Waals surface area contributed by atoms with Crippen molar-refractivity contribution in [3.05, 3.63) is 65.5 Å². The Morgan fingerprint density at radius 2 is 1.97 bits per heavy atom. The third kappa shape index (κ3) is 4.35. The number of hydrogen-bond donors (Lipinski definition) is 2. The van der Waals surface area contributed by atoms with Gasteiger partial charge in [-0.05, 0) is 36.8 Å². The van der Waals surface area contributed by atoms with Crippen molar-refractivity contribution in [3.63, 3.8) is 0 Å². The van der Waals surface area contributed by atoms with E-state index in [9.17, 15) is 14.0 Å². The topological polar surface area (TPSA) is 73.8 Å². The molecule has 0 bridgehead atoms. The first-order chi connectivity index (χ1) is 13.9. The predicted molar refractivity (Wildman–Crippen MR) is 109 cm³/mol. The van der Waals surface area contributed by atoms with Crippen LogP contribution in [0, 0.1) is 12.7 Å². The molecular formula is C22H23FN4O2. The molecular weight excluding hydrogens is 371 g/mol. The zero-order chi connectivity index (χ0) is 20.4. The average Bonchev–Trinajstić information content (AvgIpc) is 3.00. The molecule has 2 aromatic carbocycles. The summed E-state index contributed by atoms with van der Waals surface area (Å²) < 4.78 is 13.5. The number of anilines is 1. The SMILES string of the molecule is Cc1cccc(NC(=O)CN2CCC3(CC2)N=C(c2cccc(F)c2)C(=O)N3)c1. The normalized spacial score (nSPS) is 18.4. The van der Waals surface area contributed by atoms with Crippen molar-refractivity contribution in [2.45, 2.75) is 25.4 Å². The number of likely N-dealkylation sites (tertiary alicyclic amines) is 1. The zero-order valence-corrected chi connectivity index (χ0v) is 16.2. The molecule has 2 amide bonds. The van der Waals surface area contributed by atoms with Crippen molar-refractivity contribution < 1.29 is 14.0 Å². The van der Waals surface area contributed by atoms with E-state index < -0.39 is 11.5 Å². The first-order valence-corrected chi connectivity index (χ1v) is 9.70. The Morgan fingerprint density at radius 3 is 2.69 bits per heavy atom. The molecule has 6 nitrogen and oxygen atoms in total. The summed E-state index contributed by atoms with van der Waals surface area (Å²) in [4.78, 5) is 31.4. The van der Waals surface area contributed by atoms with Crippen LogP contribution in [0.15, 0.2) is 53.5 Å². The van der Waals surface area contributed by atoms with Crippen LogP contribution in [0.3, 0.4) is 0 Å². The van der Waals surface area contributed by atoms with Gasteiger partial charge in [0.25, 0.3) is 5.91 Å². The van der Waals surface area contributed by atoms with Crippen molar-refractivity contribution in [2.75, 3.05) is 25.0 Å². The quantitative estimate of drug-likeness (QED) is 0.837. The van der Waals surface area contributed by atoms with Gasteiger partial charge in [-0.15, -0.1) is 0 Å². The highest BCUT2D eigenvalue weighted by molar-refractivity contribution is 6.46. The summed E-state index contributed by atoms with van der Waals surface area (Å²) in [6.07, 6.45) is 1.21. The number of aryl methyl sites for hydroxylation is 1. The molecule has 2 aromatic rings. The monoisotopic (exact) mass is 394 g/mol. The maximum Gasteiger partial charge on any atom is 0.272 e. The summed E-state index contributed by atoms with van der Waals surface area (Å²) >= 11 is 0. The van der Waals surface area contributed by atoms with E-state index >= 15 is 0 Å². The number of nitrogens with zero attached hydrogens (tertiary/aromatic N) is 2. The molecule has 0 unspecified atom stereocenters. The predicted octanol–water partition coefficient (Wildman–Crippen LogP) is 2.48. The number of aliphatic imine (C=N–C) groups is 1. The van der Waals surface area contributed by atoms with E-state index in [0.717, 1.165) is 11.3 Å². The van der Waals surface area contributed by atoms with Crippen LogP contribution in [0.1, 0.15) is 24.0 Å². The smallest absolute Gasteiger partial charge is 0.272 e. The van der Waals surface area contributed by atoms with Gasteiger partial charge in [-0.3, -0.25) is 19.5 Å². The summed E-state index contributed by atoms with van der Waals surface area (Å²) in [5.41, 5.74) is 1.97. The molecule has 2 aliphatic heterocycles. The number of nitrogens with one attached hydrogen (secondary N) is 2. The van der Waals surface area contributed by atoms with Crippen LogP contribution >= 0.6 is 0 Å². The van der Waals surface area contributed by atoms with Gasteiger partial charge in [-0.1, -0.05) is 24.3 Å². The first kappa shape index (κ1) is 19.3. The lowest BCUT2D eigenvalue weighted by atomic mass is 9.98. The summed E-state index contributed by atoms with van der Waals surface area (Å²) in [6.45, 7) is 3.55. The highest BCUT2D eigenvalue weighted by Crippen LogP contribution is 2.29. The Labute approximate surface area is 168 Å². The largest absolute Gasteiger partial charge is 0.326 e. The molecule has 0 radical (unpaired) electrons. The van der Waals surface area contributed by atoms with Gasteiger partial charge in [0.15, 0.2) is 0 Å². The van der Waals surface area contributed by atoms with Crippen LogP contribution < -0.4 is 10.6 Å². The van der Waals surface area contributed by atoms with E-state index in [0.29, 0.717) is 38.0 Å². The fourth-order valence-corrected chi connectivity index (χ4v) is 3.84. The maximum atomic E-state index is 13.5. The molecule has 2 heterocycles. The molecule has 0 saturated carbocycles. The van der Waals surface area contributed by atoms with Crippen LogP contribution in [0.4, 0.5) is 10.1 Å². The number of benzene rings is 2. The van der Waals surface area contributed by atoms with E-state index in [1.54, 1.807) is 12.1 Å². The molecule has 1 fully saturated rings. The number of carbonyl (C=O) groups is 2. The van der Waals surface area contributed by atoms with E-state index in [4.69, 9.17) is 0 Å². The minimum Gasteiger partial charge on any atom is -0.326 e.